The van der Waals surface area contributed by atoms with Gasteiger partial charge in [-0.15, -0.1) is 0 Å². The van der Waals surface area contributed by atoms with Gasteiger partial charge in [-0.3, -0.25) is 9.59 Å². The van der Waals surface area contributed by atoms with Gasteiger partial charge in [0, 0.05) is 18.9 Å². The van der Waals surface area contributed by atoms with Gasteiger partial charge in [0.05, 0.1) is 6.54 Å². The lowest BCUT2D eigenvalue weighted by Gasteiger charge is -2.34. The van der Waals surface area contributed by atoms with Gasteiger partial charge in [0.15, 0.2) is 0 Å². The fourth-order valence-electron chi connectivity index (χ4n) is 3.83. The van der Waals surface area contributed by atoms with Crippen LogP contribution in [0.25, 0.3) is 0 Å². The fraction of sp³-hybridized carbons (Fsp3) is 0.652. The molecular formula is C23H40BN3O2. The van der Waals surface area contributed by atoms with Crippen molar-refractivity contribution in [2.24, 2.45) is 5.73 Å². The highest BCUT2D eigenvalue weighted by Crippen LogP contribution is 2.51. The van der Waals surface area contributed by atoms with Crippen LogP contribution in [0.5, 0.6) is 0 Å². The Morgan fingerprint density at radius 3 is 2.17 bits per heavy atom. The first-order valence-corrected chi connectivity index (χ1v) is 11.1. The molecule has 2 aliphatic heterocycles. The number of carbonyl (C=O) groups is 2. The van der Waals surface area contributed by atoms with Gasteiger partial charge in [-0.2, -0.15) is 0 Å². The molecule has 0 atom stereocenters. The van der Waals surface area contributed by atoms with Crippen molar-refractivity contribution in [2.75, 3.05) is 33.2 Å². The van der Waals surface area contributed by atoms with Crippen LogP contribution < -0.4 is 11.2 Å². The number of piperidine rings is 1. The Balaban J connectivity index is 0.000000592. The van der Waals surface area contributed by atoms with E-state index in [9.17, 15) is 9.59 Å². The van der Waals surface area contributed by atoms with Gasteiger partial charge in [-0.25, -0.2) is 0 Å². The minimum absolute atomic E-state index is 0. The summed E-state index contributed by atoms with van der Waals surface area (Å²) < 4.78 is 0. The SMILES string of the molecule is CC.CC.CN1CCCCC1.[B]c1ccc2c(c1)C1(CC1)CN(CC(N)=O)C2=O.[HH]. The van der Waals surface area contributed by atoms with Crippen molar-refractivity contribution in [1.82, 2.24) is 9.80 Å². The van der Waals surface area contributed by atoms with E-state index in [0.717, 1.165) is 18.4 Å². The molecule has 2 N–H and O–H groups in total. The number of nitrogens with zero attached hydrogens (tertiary/aromatic N) is 2. The Labute approximate surface area is 179 Å². The number of nitrogens with two attached hydrogens (primary N) is 1. The third-order valence-corrected chi connectivity index (χ3v) is 5.41. The third kappa shape index (κ3) is 6.88. The minimum Gasteiger partial charge on any atom is -0.368 e. The number of hydrogen-bond acceptors (Lipinski definition) is 3. The lowest BCUT2D eigenvalue weighted by Crippen LogP contribution is -2.47. The third-order valence-electron chi connectivity index (χ3n) is 5.41. The molecule has 2 amide bonds. The van der Waals surface area contributed by atoms with Crippen molar-refractivity contribution in [3.63, 3.8) is 0 Å². The van der Waals surface area contributed by atoms with Crippen LogP contribution in [0.1, 0.15) is 77.1 Å². The lowest BCUT2D eigenvalue weighted by molar-refractivity contribution is -0.118. The Morgan fingerprint density at radius 2 is 1.72 bits per heavy atom. The Kier molecular flexibility index (Phi) is 10.4. The first kappa shape index (κ1) is 25.2. The average molecular weight is 401 g/mol. The summed E-state index contributed by atoms with van der Waals surface area (Å²) in [6.45, 7) is 11.2. The zero-order chi connectivity index (χ0) is 22.0. The van der Waals surface area contributed by atoms with Crippen LogP contribution in [-0.4, -0.2) is 62.7 Å². The van der Waals surface area contributed by atoms with Crippen LogP contribution in [0.4, 0.5) is 0 Å². The van der Waals surface area contributed by atoms with E-state index in [4.69, 9.17) is 13.6 Å². The monoisotopic (exact) mass is 401 g/mol. The van der Waals surface area contributed by atoms with E-state index in [-0.39, 0.29) is 19.3 Å². The number of likely N-dealkylation sites (tertiary alicyclic amines) is 1. The molecule has 0 aromatic heterocycles. The molecule has 2 heterocycles. The molecule has 3 aliphatic rings. The molecule has 1 spiro atoms. The first-order valence-electron chi connectivity index (χ1n) is 11.1. The van der Waals surface area contributed by atoms with E-state index in [1.807, 2.05) is 33.8 Å². The molecule has 0 bridgehead atoms. The van der Waals surface area contributed by atoms with Crippen molar-refractivity contribution in [3.05, 3.63) is 29.3 Å². The van der Waals surface area contributed by atoms with E-state index in [1.165, 1.54) is 32.4 Å². The second-order valence-corrected chi connectivity index (χ2v) is 7.58. The highest BCUT2D eigenvalue weighted by Gasteiger charge is 2.51. The highest BCUT2D eigenvalue weighted by atomic mass is 16.2. The summed E-state index contributed by atoms with van der Waals surface area (Å²) in [6, 6.07) is 5.36. The van der Waals surface area contributed by atoms with Crippen molar-refractivity contribution >= 4 is 25.1 Å². The largest absolute Gasteiger partial charge is 0.368 e. The molecule has 1 saturated carbocycles. The summed E-state index contributed by atoms with van der Waals surface area (Å²) in [5, 5.41) is 0. The molecule has 5 nitrogen and oxygen atoms in total. The standard InChI is InChI=1S/C13H13BN2O2.C6H13N.2C2H6.H2/c14-8-1-2-9-10(5-8)13(3-4-13)7-16(12(9)18)6-11(15)17;1-7-5-3-2-4-6-7;2*1-2;/h1-2,5H,3-4,6-7H2,(H2,15,17);2-6H2,1H3;2*1-2H3;1H. The van der Waals surface area contributed by atoms with E-state index in [2.05, 4.69) is 11.9 Å². The van der Waals surface area contributed by atoms with Gasteiger partial charge >= 0.3 is 0 Å². The maximum Gasteiger partial charge on any atom is 0.254 e. The number of amides is 2. The maximum atomic E-state index is 12.3. The van der Waals surface area contributed by atoms with Gasteiger partial charge < -0.3 is 15.5 Å². The van der Waals surface area contributed by atoms with Crippen molar-refractivity contribution in [1.29, 1.82) is 0 Å². The van der Waals surface area contributed by atoms with Crippen molar-refractivity contribution in [2.45, 2.75) is 65.2 Å². The number of fused-ring (bicyclic) bond motifs is 2. The van der Waals surface area contributed by atoms with E-state index in [1.54, 1.807) is 17.0 Å². The molecule has 4 rings (SSSR count). The predicted molar refractivity (Wildman–Crippen MR) is 124 cm³/mol. The van der Waals surface area contributed by atoms with Crippen LogP contribution in [0.2, 0.25) is 0 Å². The minimum atomic E-state index is -0.474. The maximum absolute atomic E-state index is 12.3. The summed E-state index contributed by atoms with van der Waals surface area (Å²) in [5.41, 5.74) is 7.57. The predicted octanol–water partition coefficient (Wildman–Crippen LogP) is 2.85. The average Bonchev–Trinajstić information content (AvgIpc) is 3.50. The molecular weight excluding hydrogens is 361 g/mol. The summed E-state index contributed by atoms with van der Waals surface area (Å²) in [4.78, 5) is 27.2. The molecule has 2 radical (unpaired) electrons. The molecule has 2 fully saturated rings. The number of hydrogen-bond donors (Lipinski definition) is 1. The van der Waals surface area contributed by atoms with E-state index < -0.39 is 5.91 Å². The first-order chi connectivity index (χ1) is 13.9. The van der Waals surface area contributed by atoms with Gasteiger partial charge in [0.1, 0.15) is 7.85 Å². The quantitative estimate of drug-likeness (QED) is 0.775. The number of benzene rings is 1. The van der Waals surface area contributed by atoms with Crippen LogP contribution >= 0.6 is 0 Å². The molecule has 1 aliphatic carbocycles. The second kappa shape index (κ2) is 12.0. The molecule has 1 aromatic carbocycles. The van der Waals surface area contributed by atoms with Crippen LogP contribution in [-0.2, 0) is 10.2 Å². The molecule has 6 heteroatoms. The molecule has 0 unspecified atom stereocenters. The fourth-order valence-corrected chi connectivity index (χ4v) is 3.83. The molecule has 1 saturated heterocycles. The topological polar surface area (TPSA) is 66.6 Å². The van der Waals surface area contributed by atoms with Gasteiger partial charge in [-0.1, -0.05) is 51.7 Å². The molecule has 162 valence electrons. The van der Waals surface area contributed by atoms with Crippen LogP contribution in [0.15, 0.2) is 18.2 Å². The lowest BCUT2D eigenvalue weighted by atomic mass is 9.82. The number of carbonyl (C=O) groups excluding carboxylic acids is 2. The van der Waals surface area contributed by atoms with Gasteiger partial charge in [0.25, 0.3) is 5.91 Å². The van der Waals surface area contributed by atoms with Gasteiger partial charge in [-0.05, 0) is 57.5 Å². The van der Waals surface area contributed by atoms with Gasteiger partial charge in [0.2, 0.25) is 5.91 Å². The second-order valence-electron chi connectivity index (χ2n) is 7.58. The Hall–Kier alpha value is -1.82. The summed E-state index contributed by atoms with van der Waals surface area (Å²) in [5.74, 6) is -0.598. The Morgan fingerprint density at radius 1 is 1.14 bits per heavy atom. The molecule has 29 heavy (non-hydrogen) atoms. The smallest absolute Gasteiger partial charge is 0.254 e. The van der Waals surface area contributed by atoms with Crippen LogP contribution in [0.3, 0.4) is 0 Å². The highest BCUT2D eigenvalue weighted by molar-refractivity contribution is 6.32. The van der Waals surface area contributed by atoms with Crippen molar-refractivity contribution in [3.8, 4) is 0 Å². The molecule has 1 aromatic rings. The summed E-state index contributed by atoms with van der Waals surface area (Å²) in [7, 11) is 7.99. The van der Waals surface area contributed by atoms with Crippen molar-refractivity contribution < 1.29 is 11.0 Å². The zero-order valence-electron chi connectivity index (χ0n) is 19.0. The number of rotatable bonds is 2. The van der Waals surface area contributed by atoms with Crippen LogP contribution in [0, 0.1) is 0 Å². The Bertz CT molecular complexity index is 674. The summed E-state index contributed by atoms with van der Waals surface area (Å²) in [6.07, 6.45) is 6.34. The number of primary amides is 1. The van der Waals surface area contributed by atoms with E-state index in [0.29, 0.717) is 17.6 Å². The van der Waals surface area contributed by atoms with E-state index >= 15 is 0 Å². The normalized spacial score (nSPS) is 18.8. The summed E-state index contributed by atoms with van der Waals surface area (Å²) >= 11 is 0. The zero-order valence-corrected chi connectivity index (χ0v) is 19.0.